The van der Waals surface area contributed by atoms with Gasteiger partial charge in [0.15, 0.2) is 11.8 Å². The predicted molar refractivity (Wildman–Crippen MR) is 74.6 cm³/mol. The van der Waals surface area contributed by atoms with Crippen LogP contribution in [-0.2, 0) is 19.5 Å². The number of nitrogens with one attached hydrogen (secondary N) is 2. The van der Waals surface area contributed by atoms with Crippen molar-refractivity contribution >= 4 is 5.96 Å². The van der Waals surface area contributed by atoms with Gasteiger partial charge in [-0.15, -0.1) is 16.6 Å². The van der Waals surface area contributed by atoms with Crippen LogP contribution in [0.1, 0.15) is 30.9 Å². The molecule has 2 heterocycles. The zero-order valence-corrected chi connectivity index (χ0v) is 11.3. The number of rotatable bonds is 3. The summed E-state index contributed by atoms with van der Waals surface area (Å²) < 4.78 is 2.22. The molecule has 2 rings (SSSR count). The predicted octanol–water partition coefficient (Wildman–Crippen LogP) is 0.303. The van der Waals surface area contributed by atoms with Gasteiger partial charge in [0.25, 0.3) is 0 Å². The van der Waals surface area contributed by atoms with Crippen LogP contribution >= 0.6 is 0 Å². The highest BCUT2D eigenvalue weighted by Gasteiger charge is 2.14. The minimum atomic E-state index is 0.456. The molecular weight excluding hydrogens is 240 g/mol. The first-order valence-corrected chi connectivity index (χ1v) is 6.64. The van der Waals surface area contributed by atoms with Crippen molar-refractivity contribution in [1.29, 1.82) is 0 Å². The van der Waals surface area contributed by atoms with Gasteiger partial charge in [0.2, 0.25) is 0 Å². The molecule has 19 heavy (non-hydrogen) atoms. The van der Waals surface area contributed by atoms with Crippen molar-refractivity contribution in [2.45, 2.75) is 38.8 Å². The summed E-state index contributed by atoms with van der Waals surface area (Å²) in [6, 6.07) is 0. The van der Waals surface area contributed by atoms with Crippen molar-refractivity contribution in [3.8, 4) is 12.3 Å². The summed E-state index contributed by atoms with van der Waals surface area (Å²) in [5.74, 6) is 5.26. The second-order valence-corrected chi connectivity index (χ2v) is 4.48. The van der Waals surface area contributed by atoms with Gasteiger partial charge in [-0.3, -0.25) is 4.99 Å². The van der Waals surface area contributed by atoms with Crippen LogP contribution < -0.4 is 10.6 Å². The Morgan fingerprint density at radius 2 is 2.26 bits per heavy atom. The molecule has 0 bridgehead atoms. The number of nitrogens with zero attached hydrogens (tertiary/aromatic N) is 4. The fraction of sp³-hybridized carbons (Fsp3) is 0.615. The van der Waals surface area contributed by atoms with Crippen molar-refractivity contribution in [2.24, 2.45) is 4.99 Å². The molecule has 0 radical (unpaired) electrons. The quantitative estimate of drug-likeness (QED) is 0.466. The fourth-order valence-corrected chi connectivity index (χ4v) is 2.19. The first kappa shape index (κ1) is 13.4. The van der Waals surface area contributed by atoms with Crippen molar-refractivity contribution in [3.05, 3.63) is 11.6 Å². The molecule has 1 aromatic heterocycles. The molecule has 2 N–H and O–H groups in total. The van der Waals surface area contributed by atoms with E-state index in [-0.39, 0.29) is 0 Å². The molecule has 6 heteroatoms. The first-order chi connectivity index (χ1) is 9.35. The van der Waals surface area contributed by atoms with E-state index in [4.69, 9.17) is 6.42 Å². The summed E-state index contributed by atoms with van der Waals surface area (Å²) in [6.07, 6.45) is 9.90. The zero-order valence-electron chi connectivity index (χ0n) is 11.3. The first-order valence-electron chi connectivity index (χ1n) is 6.64. The molecule has 0 saturated carbocycles. The molecule has 0 fully saturated rings. The Bertz CT molecular complexity index is 482. The van der Waals surface area contributed by atoms with Crippen molar-refractivity contribution < 1.29 is 0 Å². The lowest BCUT2D eigenvalue weighted by atomic mass is 10.2. The molecule has 0 amide bonds. The average molecular weight is 260 g/mol. The van der Waals surface area contributed by atoms with E-state index in [1.165, 1.54) is 19.3 Å². The second kappa shape index (κ2) is 6.78. The summed E-state index contributed by atoms with van der Waals surface area (Å²) in [6.45, 7) is 2.07. The van der Waals surface area contributed by atoms with Crippen LogP contribution in [0.5, 0.6) is 0 Å². The van der Waals surface area contributed by atoms with Gasteiger partial charge in [-0.2, -0.15) is 0 Å². The molecule has 6 nitrogen and oxygen atoms in total. The van der Waals surface area contributed by atoms with Gasteiger partial charge in [-0.05, 0) is 12.8 Å². The molecule has 1 aliphatic rings. The van der Waals surface area contributed by atoms with E-state index in [2.05, 4.69) is 36.3 Å². The third-order valence-electron chi connectivity index (χ3n) is 3.18. The molecule has 0 spiro atoms. The highest BCUT2D eigenvalue weighted by Crippen LogP contribution is 2.14. The standard InChI is InChI=1S/C13H20N6/c1-3-8-15-13(14-2)16-10-12-18-17-11-7-5-4-6-9-19(11)12/h1H,4-10H2,2H3,(H2,14,15,16). The van der Waals surface area contributed by atoms with Crippen LogP contribution in [0, 0.1) is 12.3 Å². The number of guanidine groups is 1. The summed E-state index contributed by atoms with van der Waals surface area (Å²) in [4.78, 5) is 4.10. The highest BCUT2D eigenvalue weighted by atomic mass is 15.3. The van der Waals surface area contributed by atoms with Gasteiger partial charge >= 0.3 is 0 Å². The van der Waals surface area contributed by atoms with E-state index in [0.29, 0.717) is 19.0 Å². The minimum absolute atomic E-state index is 0.456. The van der Waals surface area contributed by atoms with Crippen LogP contribution in [0.15, 0.2) is 4.99 Å². The van der Waals surface area contributed by atoms with E-state index in [0.717, 1.165) is 24.6 Å². The van der Waals surface area contributed by atoms with Gasteiger partial charge in [0.1, 0.15) is 5.82 Å². The Labute approximate surface area is 113 Å². The lowest BCUT2D eigenvalue weighted by Crippen LogP contribution is -2.37. The lowest BCUT2D eigenvalue weighted by molar-refractivity contribution is 0.597. The normalized spacial score (nSPS) is 15.3. The van der Waals surface area contributed by atoms with Crippen LogP contribution in [-0.4, -0.2) is 34.3 Å². The van der Waals surface area contributed by atoms with E-state index in [1.807, 2.05) is 0 Å². The third-order valence-corrected chi connectivity index (χ3v) is 3.18. The summed E-state index contributed by atoms with van der Waals surface area (Å²) >= 11 is 0. The Balaban J connectivity index is 1.96. The Morgan fingerprint density at radius 3 is 3.05 bits per heavy atom. The molecule has 0 aromatic carbocycles. The maximum atomic E-state index is 5.21. The van der Waals surface area contributed by atoms with Crippen molar-refractivity contribution in [3.63, 3.8) is 0 Å². The lowest BCUT2D eigenvalue weighted by Gasteiger charge is -2.11. The minimum Gasteiger partial charge on any atom is -0.349 e. The maximum absolute atomic E-state index is 5.21. The number of hydrogen-bond donors (Lipinski definition) is 2. The zero-order chi connectivity index (χ0) is 13.5. The Morgan fingerprint density at radius 1 is 1.37 bits per heavy atom. The van der Waals surface area contributed by atoms with E-state index in [1.54, 1.807) is 7.05 Å². The molecule has 0 unspecified atom stereocenters. The highest BCUT2D eigenvalue weighted by molar-refractivity contribution is 5.79. The second-order valence-electron chi connectivity index (χ2n) is 4.48. The van der Waals surface area contributed by atoms with Crippen molar-refractivity contribution in [1.82, 2.24) is 25.4 Å². The molecule has 0 atom stereocenters. The molecule has 0 aliphatic carbocycles. The average Bonchev–Trinajstić information content (AvgIpc) is 2.67. The Kier molecular flexibility index (Phi) is 4.78. The molecule has 1 aliphatic heterocycles. The summed E-state index contributed by atoms with van der Waals surface area (Å²) in [5, 5.41) is 14.7. The largest absolute Gasteiger partial charge is 0.349 e. The smallest absolute Gasteiger partial charge is 0.192 e. The van der Waals surface area contributed by atoms with E-state index in [9.17, 15) is 0 Å². The molecule has 1 aromatic rings. The number of terminal acetylenes is 1. The van der Waals surface area contributed by atoms with E-state index >= 15 is 0 Å². The number of hydrogen-bond acceptors (Lipinski definition) is 3. The molecule has 0 saturated heterocycles. The van der Waals surface area contributed by atoms with Gasteiger partial charge in [0.05, 0.1) is 13.1 Å². The van der Waals surface area contributed by atoms with Gasteiger partial charge < -0.3 is 15.2 Å². The number of aromatic nitrogens is 3. The van der Waals surface area contributed by atoms with Crippen LogP contribution in [0.25, 0.3) is 0 Å². The van der Waals surface area contributed by atoms with Gasteiger partial charge in [-0.1, -0.05) is 12.3 Å². The monoisotopic (exact) mass is 260 g/mol. The SMILES string of the molecule is C#CCNC(=NC)NCc1nnc2n1CCCCC2. The van der Waals surface area contributed by atoms with Crippen molar-refractivity contribution in [2.75, 3.05) is 13.6 Å². The number of aryl methyl sites for hydroxylation is 1. The fourth-order valence-electron chi connectivity index (χ4n) is 2.19. The van der Waals surface area contributed by atoms with Crippen LogP contribution in [0.3, 0.4) is 0 Å². The van der Waals surface area contributed by atoms with Crippen LogP contribution in [0.4, 0.5) is 0 Å². The third kappa shape index (κ3) is 3.47. The number of fused-ring (bicyclic) bond motifs is 1. The molecular formula is C13H20N6. The molecule has 102 valence electrons. The van der Waals surface area contributed by atoms with Gasteiger partial charge in [-0.25, -0.2) is 0 Å². The van der Waals surface area contributed by atoms with Crippen LogP contribution in [0.2, 0.25) is 0 Å². The van der Waals surface area contributed by atoms with E-state index < -0.39 is 0 Å². The Hall–Kier alpha value is -2.03. The topological polar surface area (TPSA) is 67.1 Å². The summed E-state index contributed by atoms with van der Waals surface area (Å²) in [5.41, 5.74) is 0. The number of aliphatic imine (C=N–C) groups is 1. The van der Waals surface area contributed by atoms with Gasteiger partial charge in [0, 0.05) is 20.0 Å². The summed E-state index contributed by atoms with van der Waals surface area (Å²) in [7, 11) is 1.72. The maximum Gasteiger partial charge on any atom is 0.192 e.